The smallest absolute Gasteiger partial charge is 0.229 e. The van der Waals surface area contributed by atoms with Crippen molar-refractivity contribution in [1.29, 1.82) is 0 Å². The average Bonchev–Trinajstić information content (AvgIpc) is 3.29. The molecule has 1 aliphatic heterocycles. The summed E-state index contributed by atoms with van der Waals surface area (Å²) in [5, 5.41) is 11.8. The van der Waals surface area contributed by atoms with E-state index in [9.17, 15) is 4.79 Å². The lowest BCUT2D eigenvalue weighted by molar-refractivity contribution is -0.114. The van der Waals surface area contributed by atoms with Gasteiger partial charge in [0.05, 0.1) is 11.1 Å². The summed E-state index contributed by atoms with van der Waals surface area (Å²) in [6.45, 7) is 4.89. The van der Waals surface area contributed by atoms with Crippen LogP contribution in [0.25, 0.3) is 22.3 Å². The largest absolute Gasteiger partial charge is 0.371 e. The summed E-state index contributed by atoms with van der Waals surface area (Å²) < 4.78 is 0. The topological polar surface area (TPSA) is 90.0 Å². The van der Waals surface area contributed by atoms with E-state index in [-0.39, 0.29) is 5.78 Å². The van der Waals surface area contributed by atoms with Gasteiger partial charge in [-0.05, 0) is 76.2 Å². The number of likely N-dealkylation sites (N-methyl/N-ethyl adjacent to an activating group) is 1. The predicted octanol–water partition coefficient (Wildman–Crippen LogP) is 5.29. The fraction of sp³-hybridized carbons (Fsp3) is 0.333. The summed E-state index contributed by atoms with van der Waals surface area (Å²) in [4.78, 5) is 26.6. The van der Waals surface area contributed by atoms with Crippen LogP contribution in [0.15, 0.2) is 60.7 Å². The van der Waals surface area contributed by atoms with Crippen molar-refractivity contribution in [1.82, 2.24) is 25.1 Å². The van der Waals surface area contributed by atoms with Crippen LogP contribution in [0.1, 0.15) is 30.5 Å². The van der Waals surface area contributed by atoms with Crippen LogP contribution in [-0.4, -0.2) is 64.6 Å². The zero-order valence-corrected chi connectivity index (χ0v) is 22.4. The van der Waals surface area contributed by atoms with E-state index in [1.165, 1.54) is 24.9 Å². The zero-order valence-electron chi connectivity index (χ0n) is 22.4. The Balaban J connectivity index is 1.43. The number of anilines is 3. The Hall–Kier alpha value is -4.04. The van der Waals surface area contributed by atoms with E-state index in [1.54, 1.807) is 6.08 Å². The third-order valence-electron chi connectivity index (χ3n) is 6.77. The molecule has 0 bridgehead atoms. The number of fused-ring (bicyclic) bond motifs is 1. The number of ketones is 1. The number of hydrogen-bond donors (Lipinski definition) is 2. The van der Waals surface area contributed by atoms with Gasteiger partial charge in [0.1, 0.15) is 0 Å². The number of aromatic amines is 1. The molecule has 2 aromatic carbocycles. The Kier molecular flexibility index (Phi) is 7.79. The highest BCUT2D eigenvalue weighted by Crippen LogP contribution is 2.31. The molecule has 2 N–H and O–H groups in total. The lowest BCUT2D eigenvalue weighted by Crippen LogP contribution is -2.29. The summed E-state index contributed by atoms with van der Waals surface area (Å²) in [6.07, 6.45) is 7.66. The molecule has 1 aliphatic rings. The van der Waals surface area contributed by atoms with Crippen molar-refractivity contribution in [3.63, 3.8) is 0 Å². The molecule has 1 saturated heterocycles. The maximum atomic E-state index is 12.5. The number of nitrogens with one attached hydrogen (secondary N) is 2. The van der Waals surface area contributed by atoms with Gasteiger partial charge < -0.3 is 15.1 Å². The van der Waals surface area contributed by atoms with Crippen LogP contribution in [0, 0.1) is 6.92 Å². The molecule has 0 saturated carbocycles. The Morgan fingerprint density at radius 3 is 2.71 bits per heavy atom. The Bertz CT molecular complexity index is 1450. The monoisotopic (exact) mass is 509 g/mol. The van der Waals surface area contributed by atoms with Gasteiger partial charge in [-0.3, -0.25) is 9.89 Å². The van der Waals surface area contributed by atoms with Gasteiger partial charge in [0, 0.05) is 48.7 Å². The molecule has 3 heterocycles. The minimum atomic E-state index is 0.0762. The number of hydrogen-bond acceptors (Lipinski definition) is 7. The van der Waals surface area contributed by atoms with E-state index in [0.29, 0.717) is 18.0 Å². The van der Waals surface area contributed by atoms with Gasteiger partial charge in [-0.2, -0.15) is 10.1 Å². The van der Waals surface area contributed by atoms with Gasteiger partial charge >= 0.3 is 0 Å². The van der Waals surface area contributed by atoms with E-state index in [2.05, 4.69) is 38.6 Å². The maximum Gasteiger partial charge on any atom is 0.229 e. The number of carbonyl (C=O) groups excluding carboxylic acids is 1. The van der Waals surface area contributed by atoms with Gasteiger partial charge in [0.25, 0.3) is 0 Å². The fourth-order valence-electron chi connectivity index (χ4n) is 4.88. The van der Waals surface area contributed by atoms with Gasteiger partial charge in [-0.25, -0.2) is 4.98 Å². The molecule has 8 heteroatoms. The second kappa shape index (κ2) is 11.6. The number of benzene rings is 2. The highest BCUT2D eigenvalue weighted by molar-refractivity contribution is 5.94. The first-order valence-electron chi connectivity index (χ1n) is 13.2. The molecular formula is C30H35N7O. The second-order valence-electron chi connectivity index (χ2n) is 10.2. The summed E-state index contributed by atoms with van der Waals surface area (Å²) in [5.41, 5.74) is 6.32. The number of nitrogens with zero attached hydrogens (tertiary/aromatic N) is 5. The van der Waals surface area contributed by atoms with E-state index in [1.807, 2.05) is 62.3 Å². The van der Waals surface area contributed by atoms with Crippen LogP contribution in [-0.2, 0) is 11.2 Å². The molecule has 4 aromatic rings. The van der Waals surface area contributed by atoms with E-state index < -0.39 is 0 Å². The van der Waals surface area contributed by atoms with Crippen LogP contribution in [0.5, 0.6) is 0 Å². The maximum absolute atomic E-state index is 12.5. The van der Waals surface area contributed by atoms with E-state index in [0.717, 1.165) is 53.2 Å². The molecule has 8 nitrogen and oxygen atoms in total. The van der Waals surface area contributed by atoms with Gasteiger partial charge in [0.2, 0.25) is 5.95 Å². The number of allylic oxidation sites excluding steroid dienone is 1. The minimum Gasteiger partial charge on any atom is -0.371 e. The molecule has 2 aromatic heterocycles. The predicted molar refractivity (Wildman–Crippen MR) is 154 cm³/mol. The minimum absolute atomic E-state index is 0.0762. The van der Waals surface area contributed by atoms with Crippen molar-refractivity contribution in [3.05, 3.63) is 71.9 Å². The molecule has 0 aliphatic carbocycles. The molecule has 0 atom stereocenters. The standard InChI is InChI=1S/C30H35N7O/c1-21-27-28(23-11-7-10-22(18-23)19-26(38)14-9-15-36(2)3)32-30(33-29(27)35-34-21)31-24-12-8-13-25(20-24)37-16-5-4-6-17-37/h7-14,18,20H,4-6,15-17,19H2,1-3H3,(H2,31,32,33,34,35)/b14-9+. The number of aromatic nitrogens is 4. The summed E-state index contributed by atoms with van der Waals surface area (Å²) >= 11 is 0. The molecule has 0 spiro atoms. The van der Waals surface area contributed by atoms with Crippen molar-refractivity contribution in [2.75, 3.05) is 43.9 Å². The summed E-state index contributed by atoms with van der Waals surface area (Å²) in [6, 6.07) is 16.4. The highest BCUT2D eigenvalue weighted by Gasteiger charge is 2.16. The van der Waals surface area contributed by atoms with Gasteiger partial charge in [0.15, 0.2) is 11.4 Å². The Morgan fingerprint density at radius 2 is 1.89 bits per heavy atom. The number of H-pyrrole nitrogens is 1. The van der Waals surface area contributed by atoms with Gasteiger partial charge in [-0.15, -0.1) is 0 Å². The molecule has 38 heavy (non-hydrogen) atoms. The van der Waals surface area contributed by atoms with Crippen LogP contribution in [0.2, 0.25) is 0 Å². The molecule has 0 amide bonds. The molecular weight excluding hydrogens is 474 g/mol. The molecule has 0 radical (unpaired) electrons. The zero-order chi connectivity index (χ0) is 26.5. The lowest BCUT2D eigenvalue weighted by atomic mass is 10.0. The van der Waals surface area contributed by atoms with Crippen molar-refractivity contribution < 1.29 is 4.79 Å². The van der Waals surface area contributed by atoms with Crippen LogP contribution < -0.4 is 10.2 Å². The molecule has 196 valence electrons. The number of piperidine rings is 1. The first-order chi connectivity index (χ1) is 18.5. The molecule has 1 fully saturated rings. The van der Waals surface area contributed by atoms with Gasteiger partial charge in [-0.1, -0.05) is 30.3 Å². The van der Waals surface area contributed by atoms with Crippen molar-refractivity contribution >= 4 is 34.1 Å². The van der Waals surface area contributed by atoms with E-state index in [4.69, 9.17) is 9.97 Å². The van der Waals surface area contributed by atoms with Crippen molar-refractivity contribution in [2.24, 2.45) is 0 Å². The van der Waals surface area contributed by atoms with Crippen molar-refractivity contribution in [2.45, 2.75) is 32.6 Å². The normalized spacial score (nSPS) is 14.1. The van der Waals surface area contributed by atoms with Crippen molar-refractivity contribution in [3.8, 4) is 11.3 Å². The quantitative estimate of drug-likeness (QED) is 0.296. The Morgan fingerprint density at radius 1 is 1.08 bits per heavy atom. The molecule has 0 unspecified atom stereocenters. The second-order valence-corrected chi connectivity index (χ2v) is 10.2. The average molecular weight is 510 g/mol. The first kappa shape index (κ1) is 25.6. The number of carbonyl (C=O) groups is 1. The fourth-order valence-corrected chi connectivity index (χ4v) is 4.88. The summed E-state index contributed by atoms with van der Waals surface area (Å²) in [5.74, 6) is 0.565. The van der Waals surface area contributed by atoms with E-state index >= 15 is 0 Å². The Labute approximate surface area is 223 Å². The summed E-state index contributed by atoms with van der Waals surface area (Å²) in [7, 11) is 3.96. The van der Waals surface area contributed by atoms with Crippen LogP contribution in [0.3, 0.4) is 0 Å². The first-order valence-corrected chi connectivity index (χ1v) is 13.2. The third-order valence-corrected chi connectivity index (χ3v) is 6.77. The number of rotatable bonds is 9. The lowest BCUT2D eigenvalue weighted by Gasteiger charge is -2.29. The molecule has 5 rings (SSSR count). The number of aryl methyl sites for hydroxylation is 1. The van der Waals surface area contributed by atoms with Crippen LogP contribution in [0.4, 0.5) is 17.3 Å². The van der Waals surface area contributed by atoms with Crippen LogP contribution >= 0.6 is 0 Å². The highest BCUT2D eigenvalue weighted by atomic mass is 16.1. The SMILES string of the molecule is Cc1[nH]nc2nc(Nc3cccc(N4CCCCC4)c3)nc(-c3cccc(CC(=O)/C=C/CN(C)C)c3)c12. The third kappa shape index (κ3) is 6.08.